The lowest BCUT2D eigenvalue weighted by molar-refractivity contribution is -0.123. The Hall–Kier alpha value is -2.03. The average molecular weight is 542 g/mol. The molecule has 0 fully saturated rings. The number of nitrogens with one attached hydrogen (secondary N) is 1. The highest BCUT2D eigenvalue weighted by Gasteiger charge is 2.10. The molecule has 0 saturated carbocycles. The zero-order valence-electron chi connectivity index (χ0n) is 15.7. The molecule has 150 valence electrons. The fraction of sp³-hybridized carbons (Fsp3) is 0.143. The van der Waals surface area contributed by atoms with E-state index >= 15 is 0 Å². The zero-order valence-corrected chi connectivity index (χ0v) is 19.4. The summed E-state index contributed by atoms with van der Waals surface area (Å²) in [6, 6.07) is 15.1. The van der Waals surface area contributed by atoms with Gasteiger partial charge in [-0.25, -0.2) is 5.43 Å². The molecule has 1 amide bonds. The third-order valence-electron chi connectivity index (χ3n) is 4.20. The Balaban J connectivity index is 1.62. The fourth-order valence-corrected chi connectivity index (χ4v) is 3.67. The third-order valence-corrected chi connectivity index (χ3v) is 5.45. The summed E-state index contributed by atoms with van der Waals surface area (Å²) in [4.78, 5) is 12.0. The molecule has 0 aliphatic rings. The smallest absolute Gasteiger partial charge is 0.277 e. The lowest BCUT2D eigenvalue weighted by Crippen LogP contribution is -2.24. The molecule has 0 radical (unpaired) electrons. The minimum atomic E-state index is -0.390. The van der Waals surface area contributed by atoms with Crippen molar-refractivity contribution in [3.8, 4) is 11.4 Å². The second-order valence-electron chi connectivity index (χ2n) is 6.29. The Morgan fingerprint density at radius 2 is 1.90 bits per heavy atom. The van der Waals surface area contributed by atoms with E-state index < -0.39 is 5.91 Å². The number of hydrogen-bond acceptors (Lipinski definition) is 3. The van der Waals surface area contributed by atoms with Gasteiger partial charge in [-0.15, -0.1) is 0 Å². The standard InChI is InChI=1S/C21H18Cl2IN3O2/c1-13-9-15(14(2)27(13)18-6-4-17(24)5-7-18)11-25-26-21(28)12-29-20-8-3-16(22)10-19(20)23/h3-11H,12H2,1-2H3,(H,26,28)/b25-11+. The van der Waals surface area contributed by atoms with Crippen molar-refractivity contribution in [3.05, 3.63) is 79.1 Å². The van der Waals surface area contributed by atoms with E-state index in [2.05, 4.69) is 62.0 Å². The van der Waals surface area contributed by atoms with E-state index in [1.54, 1.807) is 24.4 Å². The van der Waals surface area contributed by atoms with Gasteiger partial charge in [-0.2, -0.15) is 5.10 Å². The number of hydrogen-bond donors (Lipinski definition) is 1. The third kappa shape index (κ3) is 5.52. The van der Waals surface area contributed by atoms with Gasteiger partial charge in [0.2, 0.25) is 0 Å². The van der Waals surface area contributed by atoms with Crippen molar-refractivity contribution in [1.29, 1.82) is 0 Å². The number of rotatable bonds is 6. The van der Waals surface area contributed by atoms with Gasteiger partial charge in [0.15, 0.2) is 6.61 Å². The molecule has 5 nitrogen and oxygen atoms in total. The van der Waals surface area contributed by atoms with E-state index in [1.165, 1.54) is 3.57 Å². The second-order valence-corrected chi connectivity index (χ2v) is 8.38. The fourth-order valence-electron chi connectivity index (χ4n) is 2.85. The molecule has 0 aliphatic carbocycles. The molecular weight excluding hydrogens is 524 g/mol. The van der Waals surface area contributed by atoms with Gasteiger partial charge < -0.3 is 9.30 Å². The first-order chi connectivity index (χ1) is 13.8. The molecule has 8 heteroatoms. The summed E-state index contributed by atoms with van der Waals surface area (Å²) in [5, 5.41) is 4.88. The molecule has 0 atom stereocenters. The van der Waals surface area contributed by atoms with Gasteiger partial charge >= 0.3 is 0 Å². The van der Waals surface area contributed by atoms with Crippen molar-refractivity contribution in [3.63, 3.8) is 0 Å². The highest BCUT2D eigenvalue weighted by Crippen LogP contribution is 2.27. The number of benzene rings is 2. The van der Waals surface area contributed by atoms with Gasteiger partial charge in [-0.3, -0.25) is 4.79 Å². The predicted octanol–water partition coefficient (Wildman–Crippen LogP) is 5.53. The van der Waals surface area contributed by atoms with Crippen LogP contribution in [-0.4, -0.2) is 23.3 Å². The molecular formula is C21H18Cl2IN3O2. The van der Waals surface area contributed by atoms with Crippen LogP contribution >= 0.6 is 45.8 Å². The van der Waals surface area contributed by atoms with Crippen LogP contribution in [0.1, 0.15) is 17.0 Å². The SMILES string of the molecule is Cc1cc(/C=N/NC(=O)COc2ccc(Cl)cc2Cl)c(C)n1-c1ccc(I)cc1. The number of carbonyl (C=O) groups is 1. The largest absolute Gasteiger partial charge is 0.482 e. The molecule has 0 bridgehead atoms. The van der Waals surface area contributed by atoms with Crippen molar-refractivity contribution < 1.29 is 9.53 Å². The molecule has 29 heavy (non-hydrogen) atoms. The number of carbonyl (C=O) groups excluding carboxylic acids is 1. The molecule has 1 aromatic heterocycles. The molecule has 2 aromatic carbocycles. The van der Waals surface area contributed by atoms with E-state index in [0.717, 1.165) is 22.6 Å². The van der Waals surface area contributed by atoms with Gasteiger partial charge in [0.05, 0.1) is 11.2 Å². The predicted molar refractivity (Wildman–Crippen MR) is 126 cm³/mol. The van der Waals surface area contributed by atoms with Gasteiger partial charge in [-0.1, -0.05) is 23.2 Å². The highest BCUT2D eigenvalue weighted by molar-refractivity contribution is 14.1. The quantitative estimate of drug-likeness (QED) is 0.253. The van der Waals surface area contributed by atoms with Crippen LogP contribution in [0.25, 0.3) is 5.69 Å². The summed E-state index contributed by atoms with van der Waals surface area (Å²) in [5.41, 5.74) is 6.58. The number of aryl methyl sites for hydroxylation is 1. The molecule has 0 aliphatic heterocycles. The van der Waals surface area contributed by atoms with E-state index in [4.69, 9.17) is 27.9 Å². The zero-order chi connectivity index (χ0) is 21.0. The van der Waals surface area contributed by atoms with E-state index in [-0.39, 0.29) is 6.61 Å². The normalized spacial score (nSPS) is 11.1. The maximum atomic E-state index is 12.0. The number of ether oxygens (including phenoxy) is 1. The average Bonchev–Trinajstić information content (AvgIpc) is 2.95. The Bertz CT molecular complexity index is 1060. The Kier molecular flexibility index (Phi) is 7.21. The van der Waals surface area contributed by atoms with Crippen LogP contribution in [0.5, 0.6) is 5.75 Å². The maximum Gasteiger partial charge on any atom is 0.277 e. The maximum absolute atomic E-state index is 12.0. The van der Waals surface area contributed by atoms with Crippen LogP contribution in [0.4, 0.5) is 0 Å². The summed E-state index contributed by atoms with van der Waals surface area (Å²) >= 11 is 14.1. The first kappa shape index (κ1) is 21.7. The molecule has 3 aromatic rings. The van der Waals surface area contributed by atoms with Gasteiger partial charge in [0.1, 0.15) is 5.75 Å². The summed E-state index contributed by atoms with van der Waals surface area (Å²) in [5.74, 6) is -0.00465. The molecule has 0 unspecified atom stereocenters. The Morgan fingerprint density at radius 1 is 1.17 bits per heavy atom. The van der Waals surface area contributed by atoms with Crippen molar-refractivity contribution in [2.45, 2.75) is 13.8 Å². The first-order valence-electron chi connectivity index (χ1n) is 8.70. The Labute approximate surface area is 192 Å². The Morgan fingerprint density at radius 3 is 2.59 bits per heavy atom. The van der Waals surface area contributed by atoms with E-state index in [9.17, 15) is 4.79 Å². The van der Waals surface area contributed by atoms with Gasteiger partial charge in [0, 0.05) is 31.2 Å². The van der Waals surface area contributed by atoms with E-state index in [1.807, 2.05) is 19.9 Å². The lowest BCUT2D eigenvalue weighted by atomic mass is 10.2. The van der Waals surface area contributed by atoms with Crippen LogP contribution in [-0.2, 0) is 4.79 Å². The minimum Gasteiger partial charge on any atom is -0.482 e. The summed E-state index contributed by atoms with van der Waals surface area (Å²) in [6.45, 7) is 3.84. The molecule has 1 heterocycles. The van der Waals surface area contributed by atoms with Gasteiger partial charge in [-0.05, 0) is 85.0 Å². The first-order valence-corrected chi connectivity index (χ1v) is 10.5. The number of aromatic nitrogens is 1. The summed E-state index contributed by atoms with van der Waals surface area (Å²) < 4.78 is 8.71. The summed E-state index contributed by atoms with van der Waals surface area (Å²) in [7, 11) is 0. The second kappa shape index (κ2) is 9.65. The molecule has 3 rings (SSSR count). The van der Waals surface area contributed by atoms with Crippen molar-refractivity contribution in [2.75, 3.05) is 6.61 Å². The molecule has 0 spiro atoms. The van der Waals surface area contributed by atoms with Crippen molar-refractivity contribution >= 4 is 57.9 Å². The summed E-state index contributed by atoms with van der Waals surface area (Å²) in [6.07, 6.45) is 1.62. The topological polar surface area (TPSA) is 55.6 Å². The highest BCUT2D eigenvalue weighted by atomic mass is 127. The molecule has 0 saturated heterocycles. The lowest BCUT2D eigenvalue weighted by Gasteiger charge is -2.09. The number of amides is 1. The van der Waals surface area contributed by atoms with Crippen molar-refractivity contribution in [2.24, 2.45) is 5.10 Å². The molecule has 1 N–H and O–H groups in total. The van der Waals surface area contributed by atoms with E-state index in [0.29, 0.717) is 15.8 Å². The van der Waals surface area contributed by atoms with Crippen molar-refractivity contribution in [1.82, 2.24) is 9.99 Å². The van der Waals surface area contributed by atoms with Crippen LogP contribution in [0.15, 0.2) is 53.6 Å². The number of halogens is 3. The monoisotopic (exact) mass is 541 g/mol. The number of hydrazone groups is 1. The minimum absolute atomic E-state index is 0.208. The van der Waals surface area contributed by atoms with Crippen LogP contribution in [0.2, 0.25) is 10.0 Å². The van der Waals surface area contributed by atoms with Crippen LogP contribution in [0.3, 0.4) is 0 Å². The van der Waals surface area contributed by atoms with Gasteiger partial charge in [0.25, 0.3) is 5.91 Å². The number of nitrogens with zero attached hydrogens (tertiary/aromatic N) is 2. The van der Waals surface area contributed by atoms with Crippen LogP contribution in [0, 0.1) is 17.4 Å². The van der Waals surface area contributed by atoms with Crippen LogP contribution < -0.4 is 10.2 Å².